The minimum absolute atomic E-state index is 0.126. The fourth-order valence-electron chi connectivity index (χ4n) is 0.837. The van der Waals surface area contributed by atoms with Crippen molar-refractivity contribution in [1.29, 1.82) is 0 Å². The molecule has 1 heterocycles. The second-order valence-electron chi connectivity index (χ2n) is 2.37. The zero-order valence-corrected chi connectivity index (χ0v) is 8.21. The smallest absolute Gasteiger partial charge is 0.350 e. The Morgan fingerprint density at radius 2 is 2.50 bits per heavy atom. The highest BCUT2D eigenvalue weighted by molar-refractivity contribution is 7.17. The van der Waals surface area contributed by atoms with Gasteiger partial charge in [-0.15, -0.1) is 0 Å². The van der Waals surface area contributed by atoms with Crippen LogP contribution in [0.3, 0.4) is 0 Å². The molecular weight excluding hydrogens is 204 g/mol. The Kier molecular flexibility index (Phi) is 3.61. The van der Waals surface area contributed by atoms with Crippen molar-refractivity contribution >= 4 is 22.4 Å². The molecule has 0 saturated carbocycles. The number of nitrogen functional groups attached to an aromatic ring is 1. The molecule has 0 saturated heterocycles. The molecule has 5 nitrogen and oxygen atoms in total. The molecule has 76 valence electrons. The average molecular weight is 214 g/mol. The van der Waals surface area contributed by atoms with Crippen molar-refractivity contribution in [2.75, 3.05) is 12.3 Å². The van der Waals surface area contributed by atoms with Crippen molar-refractivity contribution in [2.45, 2.75) is 6.61 Å². The molecule has 0 aliphatic carbocycles. The molecule has 0 aliphatic rings. The summed E-state index contributed by atoms with van der Waals surface area (Å²) in [5.74, 6) is -0.539. The molecule has 6 heteroatoms. The first-order chi connectivity index (χ1) is 6.69. The number of anilines is 1. The summed E-state index contributed by atoms with van der Waals surface area (Å²) < 4.78 is 4.78. The number of esters is 1. The van der Waals surface area contributed by atoms with Crippen LogP contribution in [0.5, 0.6) is 0 Å². The van der Waals surface area contributed by atoms with Gasteiger partial charge in [0.15, 0.2) is 5.13 Å². The van der Waals surface area contributed by atoms with E-state index < -0.39 is 5.97 Å². The molecule has 0 aromatic carbocycles. The van der Waals surface area contributed by atoms with Crippen LogP contribution >= 0.6 is 11.3 Å². The lowest BCUT2D eigenvalue weighted by Gasteiger charge is -1.99. The van der Waals surface area contributed by atoms with Gasteiger partial charge < -0.3 is 15.6 Å². The number of nitrogens with two attached hydrogens (primary N) is 1. The van der Waals surface area contributed by atoms with Crippen LogP contribution in [-0.4, -0.2) is 22.7 Å². The fourth-order valence-corrected chi connectivity index (χ4v) is 1.57. The highest BCUT2D eigenvalue weighted by Gasteiger charge is 2.17. The first-order valence-corrected chi connectivity index (χ1v) is 4.64. The van der Waals surface area contributed by atoms with Crippen LogP contribution < -0.4 is 5.73 Å². The molecule has 3 N–H and O–H groups in total. The molecule has 1 aromatic rings. The Bertz CT molecular complexity index is 348. The number of aliphatic hydroxyl groups excluding tert-OH is 1. The van der Waals surface area contributed by atoms with Crippen LogP contribution in [-0.2, 0) is 11.3 Å². The minimum Gasteiger partial charge on any atom is -0.457 e. The number of carbonyl (C=O) groups is 1. The molecule has 0 amide bonds. The van der Waals surface area contributed by atoms with Gasteiger partial charge in [-0.05, 0) is 0 Å². The fraction of sp³-hybridized carbons (Fsp3) is 0.250. The summed E-state index contributed by atoms with van der Waals surface area (Å²) in [6.07, 6.45) is 1.46. The topological polar surface area (TPSA) is 85.4 Å². The Hall–Kier alpha value is -1.40. The highest BCUT2D eigenvalue weighted by atomic mass is 32.1. The van der Waals surface area contributed by atoms with Gasteiger partial charge in [-0.3, -0.25) is 0 Å². The van der Waals surface area contributed by atoms with Crippen LogP contribution in [0.15, 0.2) is 12.7 Å². The van der Waals surface area contributed by atoms with Gasteiger partial charge in [-0.2, -0.15) is 0 Å². The number of aromatic nitrogens is 1. The number of carbonyl (C=O) groups excluding carboxylic acids is 1. The van der Waals surface area contributed by atoms with Gasteiger partial charge in [-0.1, -0.05) is 24.0 Å². The number of ether oxygens (including phenoxy) is 1. The molecule has 1 aromatic heterocycles. The first-order valence-electron chi connectivity index (χ1n) is 3.83. The van der Waals surface area contributed by atoms with E-state index in [2.05, 4.69) is 11.6 Å². The number of hydrogen-bond acceptors (Lipinski definition) is 6. The maximum absolute atomic E-state index is 11.3. The summed E-state index contributed by atoms with van der Waals surface area (Å²) >= 11 is 0.995. The molecule has 14 heavy (non-hydrogen) atoms. The van der Waals surface area contributed by atoms with Crippen molar-refractivity contribution in [3.63, 3.8) is 0 Å². The quantitative estimate of drug-likeness (QED) is 0.565. The monoisotopic (exact) mass is 214 g/mol. The molecule has 0 bridgehead atoms. The average Bonchev–Trinajstić information content (AvgIpc) is 2.56. The third kappa shape index (κ3) is 2.30. The molecule has 0 aliphatic heterocycles. The number of rotatable bonds is 4. The maximum atomic E-state index is 11.3. The Morgan fingerprint density at radius 3 is 3.07 bits per heavy atom. The number of aliphatic hydroxyl groups is 1. The summed E-state index contributed by atoms with van der Waals surface area (Å²) in [5, 5.41) is 9.10. The van der Waals surface area contributed by atoms with E-state index in [1.807, 2.05) is 0 Å². The summed E-state index contributed by atoms with van der Waals surface area (Å²) in [4.78, 5) is 15.4. The third-order valence-electron chi connectivity index (χ3n) is 1.38. The lowest BCUT2D eigenvalue weighted by atomic mass is 10.4. The van der Waals surface area contributed by atoms with Gasteiger partial charge in [0.05, 0.1) is 12.3 Å². The summed E-state index contributed by atoms with van der Waals surface area (Å²) in [5.41, 5.74) is 5.64. The van der Waals surface area contributed by atoms with Crippen molar-refractivity contribution < 1.29 is 14.6 Å². The second kappa shape index (κ2) is 4.73. The third-order valence-corrected chi connectivity index (χ3v) is 2.29. The standard InChI is InChI=1S/C8H10N2O3S/c1-2-3-13-7(12)6-5(4-11)10-8(9)14-6/h2,11H,1,3-4H2,(H2,9,10). The van der Waals surface area contributed by atoms with Crippen LogP contribution in [0.1, 0.15) is 15.4 Å². The van der Waals surface area contributed by atoms with E-state index in [-0.39, 0.29) is 28.9 Å². The zero-order chi connectivity index (χ0) is 10.6. The maximum Gasteiger partial charge on any atom is 0.350 e. The largest absolute Gasteiger partial charge is 0.457 e. The minimum atomic E-state index is -0.539. The molecule has 0 fully saturated rings. The Balaban J connectivity index is 2.82. The zero-order valence-electron chi connectivity index (χ0n) is 7.40. The van der Waals surface area contributed by atoms with E-state index >= 15 is 0 Å². The SMILES string of the molecule is C=CCOC(=O)c1sc(N)nc1CO. The van der Waals surface area contributed by atoms with Gasteiger partial charge in [0.2, 0.25) is 0 Å². The number of nitrogens with zero attached hydrogens (tertiary/aromatic N) is 1. The Morgan fingerprint density at radius 1 is 1.79 bits per heavy atom. The van der Waals surface area contributed by atoms with Crippen LogP contribution in [0.25, 0.3) is 0 Å². The predicted molar refractivity (Wildman–Crippen MR) is 52.9 cm³/mol. The normalized spacial score (nSPS) is 9.79. The van der Waals surface area contributed by atoms with Gasteiger partial charge in [0.25, 0.3) is 0 Å². The predicted octanol–water partition coefficient (Wildman–Crippen LogP) is 0.560. The van der Waals surface area contributed by atoms with Gasteiger partial charge in [0.1, 0.15) is 11.5 Å². The van der Waals surface area contributed by atoms with E-state index in [0.717, 1.165) is 11.3 Å². The highest BCUT2D eigenvalue weighted by Crippen LogP contribution is 2.21. The van der Waals surface area contributed by atoms with Crippen molar-refractivity contribution in [3.8, 4) is 0 Å². The number of thiazole rings is 1. The molecule has 0 radical (unpaired) electrons. The van der Waals surface area contributed by atoms with Crippen LogP contribution in [0.4, 0.5) is 5.13 Å². The molecule has 0 unspecified atom stereocenters. The van der Waals surface area contributed by atoms with Crippen molar-refractivity contribution in [2.24, 2.45) is 0 Å². The van der Waals surface area contributed by atoms with E-state index in [9.17, 15) is 4.79 Å². The van der Waals surface area contributed by atoms with Crippen molar-refractivity contribution in [3.05, 3.63) is 23.2 Å². The Labute approximate surface area is 84.8 Å². The molecule has 0 spiro atoms. The van der Waals surface area contributed by atoms with E-state index in [1.54, 1.807) is 0 Å². The first kappa shape index (κ1) is 10.7. The summed E-state index contributed by atoms with van der Waals surface area (Å²) in [6, 6.07) is 0. The van der Waals surface area contributed by atoms with Gasteiger partial charge in [-0.25, -0.2) is 9.78 Å². The van der Waals surface area contributed by atoms with E-state index in [1.165, 1.54) is 6.08 Å². The van der Waals surface area contributed by atoms with Crippen LogP contribution in [0, 0.1) is 0 Å². The second-order valence-corrected chi connectivity index (χ2v) is 3.40. The number of hydrogen-bond donors (Lipinski definition) is 2. The van der Waals surface area contributed by atoms with Crippen LogP contribution in [0.2, 0.25) is 0 Å². The van der Waals surface area contributed by atoms with E-state index in [0.29, 0.717) is 0 Å². The summed E-state index contributed by atoms with van der Waals surface area (Å²) in [6.45, 7) is 3.21. The lowest BCUT2D eigenvalue weighted by molar-refractivity contribution is 0.0551. The molecular formula is C8H10N2O3S. The lowest BCUT2D eigenvalue weighted by Crippen LogP contribution is -2.05. The van der Waals surface area contributed by atoms with Crippen molar-refractivity contribution in [1.82, 2.24) is 4.98 Å². The molecule has 0 atom stereocenters. The van der Waals surface area contributed by atoms with E-state index in [4.69, 9.17) is 15.6 Å². The van der Waals surface area contributed by atoms with Gasteiger partial charge in [0, 0.05) is 0 Å². The summed E-state index contributed by atoms with van der Waals surface area (Å²) in [7, 11) is 0. The van der Waals surface area contributed by atoms with Gasteiger partial charge >= 0.3 is 5.97 Å². The molecule has 1 rings (SSSR count).